The maximum absolute atomic E-state index is 4.75. The van der Waals surface area contributed by atoms with Crippen molar-refractivity contribution in [2.75, 3.05) is 26.2 Å². The van der Waals surface area contributed by atoms with E-state index in [0.29, 0.717) is 6.54 Å². The van der Waals surface area contributed by atoms with Gasteiger partial charge in [0, 0.05) is 44.6 Å². The molecule has 0 saturated carbocycles. The molecule has 1 atom stereocenters. The first-order chi connectivity index (χ1) is 14.3. The molecule has 29 heavy (non-hydrogen) atoms. The van der Waals surface area contributed by atoms with Crippen molar-refractivity contribution in [3.63, 3.8) is 0 Å². The van der Waals surface area contributed by atoms with Crippen LogP contribution in [0.25, 0.3) is 0 Å². The number of likely N-dealkylation sites (tertiary alicyclic amines) is 1. The van der Waals surface area contributed by atoms with Crippen LogP contribution in [0.4, 0.5) is 0 Å². The molecule has 158 valence electrons. The monoisotopic (exact) mass is 396 g/mol. The number of nitrogens with zero attached hydrogens (tertiary/aromatic N) is 4. The van der Waals surface area contributed by atoms with Gasteiger partial charge in [-0.25, -0.2) is 9.98 Å². The molecule has 0 radical (unpaired) electrons. The number of piperidine rings is 1. The summed E-state index contributed by atoms with van der Waals surface area (Å²) in [5.41, 5.74) is 1.27. The summed E-state index contributed by atoms with van der Waals surface area (Å²) in [5, 5.41) is 6.83. The zero-order valence-corrected chi connectivity index (χ0v) is 18.0. The summed E-state index contributed by atoms with van der Waals surface area (Å²) in [7, 11) is 0. The SMILES string of the molecule is CCNC(=NCc1nccn1Cc1ccccc1)NCCCN1CCCCC1C. The Morgan fingerprint density at radius 3 is 2.86 bits per heavy atom. The fraction of sp³-hybridized carbons (Fsp3) is 0.565. The number of hydrogen-bond donors (Lipinski definition) is 2. The molecule has 6 heteroatoms. The summed E-state index contributed by atoms with van der Waals surface area (Å²) < 4.78 is 2.17. The zero-order chi connectivity index (χ0) is 20.3. The van der Waals surface area contributed by atoms with Crippen LogP contribution >= 0.6 is 0 Å². The fourth-order valence-corrected chi connectivity index (χ4v) is 3.89. The normalized spacial score (nSPS) is 18.0. The van der Waals surface area contributed by atoms with Crippen LogP contribution in [0.5, 0.6) is 0 Å². The number of benzene rings is 1. The highest BCUT2D eigenvalue weighted by Crippen LogP contribution is 2.16. The number of nitrogens with one attached hydrogen (secondary N) is 2. The molecule has 2 heterocycles. The topological polar surface area (TPSA) is 57.5 Å². The van der Waals surface area contributed by atoms with Gasteiger partial charge < -0.3 is 20.1 Å². The summed E-state index contributed by atoms with van der Waals surface area (Å²) in [6.45, 7) is 10.1. The largest absolute Gasteiger partial charge is 0.357 e. The first kappa shape index (κ1) is 21.4. The summed E-state index contributed by atoms with van der Waals surface area (Å²) in [5.74, 6) is 1.85. The molecular formula is C23H36N6. The molecular weight excluding hydrogens is 360 g/mol. The quantitative estimate of drug-likeness (QED) is 0.388. The molecule has 0 aliphatic carbocycles. The third-order valence-corrected chi connectivity index (χ3v) is 5.58. The van der Waals surface area contributed by atoms with E-state index < -0.39 is 0 Å². The molecule has 0 spiro atoms. The summed E-state index contributed by atoms with van der Waals surface area (Å²) in [6.07, 6.45) is 9.08. The van der Waals surface area contributed by atoms with E-state index in [1.165, 1.54) is 31.4 Å². The molecule has 0 amide bonds. The van der Waals surface area contributed by atoms with E-state index in [9.17, 15) is 0 Å². The van der Waals surface area contributed by atoms with Gasteiger partial charge in [-0.05, 0) is 45.2 Å². The van der Waals surface area contributed by atoms with Crippen LogP contribution in [0.2, 0.25) is 0 Å². The van der Waals surface area contributed by atoms with Crippen molar-refractivity contribution in [1.82, 2.24) is 25.1 Å². The maximum Gasteiger partial charge on any atom is 0.191 e. The van der Waals surface area contributed by atoms with Gasteiger partial charge in [-0.15, -0.1) is 0 Å². The van der Waals surface area contributed by atoms with Crippen LogP contribution in [0.15, 0.2) is 47.7 Å². The summed E-state index contributed by atoms with van der Waals surface area (Å²) in [4.78, 5) is 11.9. The Balaban J connectivity index is 1.48. The van der Waals surface area contributed by atoms with Crippen molar-refractivity contribution in [3.8, 4) is 0 Å². The number of aliphatic imine (C=N–C) groups is 1. The predicted molar refractivity (Wildman–Crippen MR) is 120 cm³/mol. The Kier molecular flexibility index (Phi) is 8.56. The number of hydrogen-bond acceptors (Lipinski definition) is 3. The lowest BCUT2D eigenvalue weighted by atomic mass is 10.0. The van der Waals surface area contributed by atoms with Gasteiger partial charge >= 0.3 is 0 Å². The van der Waals surface area contributed by atoms with Crippen LogP contribution in [0.1, 0.15) is 50.9 Å². The standard InChI is InChI=1S/C23H36N6/c1-3-24-23(26-13-9-16-28-15-8-7-10-20(28)2)27-18-22-25-14-17-29(22)19-21-11-5-4-6-12-21/h4-6,11-12,14,17,20H,3,7-10,13,15-16,18-19H2,1-2H3,(H2,24,26,27). The lowest BCUT2D eigenvalue weighted by Gasteiger charge is -2.33. The van der Waals surface area contributed by atoms with Gasteiger partial charge in [0.25, 0.3) is 0 Å². The van der Waals surface area contributed by atoms with Crippen molar-refractivity contribution in [1.29, 1.82) is 0 Å². The molecule has 3 rings (SSSR count). The Hall–Kier alpha value is -2.34. The summed E-state index contributed by atoms with van der Waals surface area (Å²) >= 11 is 0. The van der Waals surface area contributed by atoms with E-state index in [1.54, 1.807) is 0 Å². The Morgan fingerprint density at radius 2 is 2.07 bits per heavy atom. The Bertz CT molecular complexity index is 739. The molecule has 1 saturated heterocycles. The smallest absolute Gasteiger partial charge is 0.191 e. The van der Waals surface area contributed by atoms with Crippen LogP contribution in [0.3, 0.4) is 0 Å². The zero-order valence-electron chi connectivity index (χ0n) is 18.0. The number of rotatable bonds is 9. The molecule has 1 aliphatic heterocycles. The lowest BCUT2D eigenvalue weighted by molar-refractivity contribution is 0.159. The van der Waals surface area contributed by atoms with Crippen molar-refractivity contribution < 1.29 is 0 Å². The average molecular weight is 397 g/mol. The maximum atomic E-state index is 4.75. The van der Waals surface area contributed by atoms with E-state index in [0.717, 1.165) is 50.4 Å². The van der Waals surface area contributed by atoms with Gasteiger partial charge in [-0.2, -0.15) is 0 Å². The molecule has 1 aromatic carbocycles. The van der Waals surface area contributed by atoms with Gasteiger partial charge in [0.05, 0.1) is 0 Å². The van der Waals surface area contributed by atoms with Crippen LogP contribution in [0, 0.1) is 0 Å². The number of guanidine groups is 1. The molecule has 2 aromatic rings. The molecule has 1 aliphatic rings. The highest BCUT2D eigenvalue weighted by molar-refractivity contribution is 5.79. The molecule has 1 unspecified atom stereocenters. The van der Waals surface area contributed by atoms with E-state index in [2.05, 4.69) is 63.2 Å². The second kappa shape index (κ2) is 11.6. The highest BCUT2D eigenvalue weighted by atomic mass is 15.2. The molecule has 0 bridgehead atoms. The average Bonchev–Trinajstić information content (AvgIpc) is 3.18. The Morgan fingerprint density at radius 1 is 1.21 bits per heavy atom. The first-order valence-corrected chi connectivity index (χ1v) is 11.1. The number of imidazole rings is 1. The second-order valence-electron chi connectivity index (χ2n) is 7.81. The molecule has 1 fully saturated rings. The first-order valence-electron chi connectivity index (χ1n) is 11.1. The van der Waals surface area contributed by atoms with Crippen molar-refractivity contribution >= 4 is 5.96 Å². The van der Waals surface area contributed by atoms with E-state index >= 15 is 0 Å². The Labute approximate surface area is 175 Å². The van der Waals surface area contributed by atoms with E-state index in [1.807, 2.05) is 18.5 Å². The number of aromatic nitrogens is 2. The minimum atomic E-state index is 0.568. The molecule has 1 aromatic heterocycles. The minimum Gasteiger partial charge on any atom is -0.357 e. The minimum absolute atomic E-state index is 0.568. The van der Waals surface area contributed by atoms with Crippen LogP contribution < -0.4 is 10.6 Å². The highest BCUT2D eigenvalue weighted by Gasteiger charge is 2.17. The van der Waals surface area contributed by atoms with Crippen molar-refractivity contribution in [2.24, 2.45) is 4.99 Å². The third kappa shape index (κ3) is 6.89. The van der Waals surface area contributed by atoms with Gasteiger partial charge in [0.1, 0.15) is 12.4 Å². The van der Waals surface area contributed by atoms with Gasteiger partial charge in [0.15, 0.2) is 5.96 Å². The fourth-order valence-electron chi connectivity index (χ4n) is 3.89. The predicted octanol–water partition coefficient (Wildman–Crippen LogP) is 3.25. The van der Waals surface area contributed by atoms with E-state index in [-0.39, 0.29) is 0 Å². The van der Waals surface area contributed by atoms with Crippen molar-refractivity contribution in [3.05, 3.63) is 54.1 Å². The van der Waals surface area contributed by atoms with Crippen LogP contribution in [-0.4, -0.2) is 52.6 Å². The van der Waals surface area contributed by atoms with E-state index in [4.69, 9.17) is 4.99 Å². The third-order valence-electron chi connectivity index (χ3n) is 5.58. The molecule has 6 nitrogen and oxygen atoms in total. The van der Waals surface area contributed by atoms with Gasteiger partial charge in [0.2, 0.25) is 0 Å². The van der Waals surface area contributed by atoms with Gasteiger partial charge in [-0.1, -0.05) is 36.8 Å². The van der Waals surface area contributed by atoms with Gasteiger partial charge in [-0.3, -0.25) is 0 Å². The lowest BCUT2D eigenvalue weighted by Crippen LogP contribution is -2.41. The van der Waals surface area contributed by atoms with Crippen molar-refractivity contribution in [2.45, 2.75) is 58.7 Å². The summed E-state index contributed by atoms with van der Waals surface area (Å²) in [6, 6.07) is 11.2. The molecule has 2 N–H and O–H groups in total. The second-order valence-corrected chi connectivity index (χ2v) is 7.81. The van der Waals surface area contributed by atoms with Crippen LogP contribution in [-0.2, 0) is 13.1 Å².